The number of unbranched alkanes of at least 4 members (excludes halogenated alkanes) is 13. The van der Waals surface area contributed by atoms with E-state index in [1.807, 2.05) is 0 Å². The van der Waals surface area contributed by atoms with Crippen LogP contribution in [0.4, 0.5) is 0 Å². The summed E-state index contributed by atoms with van der Waals surface area (Å²) in [4.78, 5) is 37.6. The monoisotopic (exact) mass is 765 g/mol. The molecule has 0 saturated heterocycles. The SMILES string of the molecule is CC/C=C\C/C=C\C/C=C\C/C=C\C/C=C\CCCCCC(=O)OCC(COC(=O)CCCCCCCCCCC)OC(=O)CCCC/C=C\C/C=C\CC. The Balaban J connectivity index is 4.39. The third-order valence-electron chi connectivity index (χ3n) is 8.90. The highest BCUT2D eigenvalue weighted by Crippen LogP contribution is 2.12. The first-order valence-corrected chi connectivity index (χ1v) is 22.1. The summed E-state index contributed by atoms with van der Waals surface area (Å²) >= 11 is 0. The van der Waals surface area contributed by atoms with Crippen molar-refractivity contribution >= 4 is 17.9 Å². The summed E-state index contributed by atoms with van der Waals surface area (Å²) in [6.45, 7) is 6.29. The Labute approximate surface area is 337 Å². The van der Waals surface area contributed by atoms with E-state index in [0.717, 1.165) is 103 Å². The second kappa shape index (κ2) is 43.3. The molecule has 6 nitrogen and oxygen atoms in total. The third-order valence-corrected chi connectivity index (χ3v) is 8.90. The average Bonchev–Trinajstić information content (AvgIpc) is 3.18. The molecule has 55 heavy (non-hydrogen) atoms. The van der Waals surface area contributed by atoms with Gasteiger partial charge in [0.2, 0.25) is 0 Å². The predicted octanol–water partition coefficient (Wildman–Crippen LogP) is 14.1. The molecule has 0 N–H and O–H groups in total. The largest absolute Gasteiger partial charge is 0.462 e. The maximum Gasteiger partial charge on any atom is 0.306 e. The van der Waals surface area contributed by atoms with E-state index in [1.54, 1.807) is 0 Å². The van der Waals surface area contributed by atoms with Gasteiger partial charge in [-0.2, -0.15) is 0 Å². The molecule has 0 aliphatic heterocycles. The zero-order valence-electron chi connectivity index (χ0n) is 35.4. The summed E-state index contributed by atoms with van der Waals surface area (Å²) in [7, 11) is 0. The molecule has 6 heteroatoms. The zero-order chi connectivity index (χ0) is 40.1. The highest BCUT2D eigenvalue weighted by atomic mass is 16.6. The Kier molecular flexibility index (Phi) is 40.6. The highest BCUT2D eigenvalue weighted by molar-refractivity contribution is 5.71. The molecule has 0 rings (SSSR count). The maximum absolute atomic E-state index is 12.6. The minimum atomic E-state index is -0.802. The molecule has 0 amide bonds. The van der Waals surface area contributed by atoms with Crippen molar-refractivity contribution in [1.82, 2.24) is 0 Å². The molecule has 0 aromatic rings. The molecule has 1 unspecified atom stereocenters. The molecule has 0 radical (unpaired) electrons. The molecule has 0 bridgehead atoms. The molecule has 0 heterocycles. The predicted molar refractivity (Wildman–Crippen MR) is 233 cm³/mol. The summed E-state index contributed by atoms with van der Waals surface area (Å²) in [5.74, 6) is -0.984. The van der Waals surface area contributed by atoms with Crippen LogP contribution in [-0.4, -0.2) is 37.2 Å². The van der Waals surface area contributed by atoms with Gasteiger partial charge in [0.25, 0.3) is 0 Å². The molecular formula is C49H80O6. The van der Waals surface area contributed by atoms with Crippen LogP contribution in [0, 0.1) is 0 Å². The van der Waals surface area contributed by atoms with Crippen LogP contribution in [0.1, 0.15) is 188 Å². The van der Waals surface area contributed by atoms with Crippen LogP contribution in [0.3, 0.4) is 0 Å². The van der Waals surface area contributed by atoms with E-state index in [2.05, 4.69) is 106 Å². The summed E-state index contributed by atoms with van der Waals surface area (Å²) in [6.07, 6.45) is 54.4. The molecule has 0 aliphatic rings. The van der Waals surface area contributed by atoms with Crippen molar-refractivity contribution in [3.05, 3.63) is 85.1 Å². The van der Waals surface area contributed by atoms with Crippen molar-refractivity contribution in [2.75, 3.05) is 13.2 Å². The van der Waals surface area contributed by atoms with Gasteiger partial charge in [0.05, 0.1) is 0 Å². The lowest BCUT2D eigenvalue weighted by Crippen LogP contribution is -2.30. The van der Waals surface area contributed by atoms with Crippen molar-refractivity contribution in [2.24, 2.45) is 0 Å². The quantitative estimate of drug-likeness (QED) is 0.0270. The van der Waals surface area contributed by atoms with Gasteiger partial charge >= 0.3 is 17.9 Å². The van der Waals surface area contributed by atoms with Crippen LogP contribution in [0.25, 0.3) is 0 Å². The fraction of sp³-hybridized carbons (Fsp3) is 0.653. The number of hydrogen-bond donors (Lipinski definition) is 0. The van der Waals surface area contributed by atoms with Gasteiger partial charge in [-0.25, -0.2) is 0 Å². The van der Waals surface area contributed by atoms with E-state index in [1.165, 1.54) is 38.5 Å². The number of carbonyl (C=O) groups excluding carboxylic acids is 3. The van der Waals surface area contributed by atoms with Crippen LogP contribution in [0.15, 0.2) is 85.1 Å². The van der Waals surface area contributed by atoms with Gasteiger partial charge in [0.15, 0.2) is 6.10 Å². The fourth-order valence-corrected chi connectivity index (χ4v) is 5.62. The minimum absolute atomic E-state index is 0.101. The lowest BCUT2D eigenvalue weighted by molar-refractivity contribution is -0.167. The molecular weight excluding hydrogens is 685 g/mol. The molecule has 0 aliphatic carbocycles. The number of carbonyl (C=O) groups is 3. The minimum Gasteiger partial charge on any atom is -0.462 e. The summed E-state index contributed by atoms with van der Waals surface area (Å²) < 4.78 is 16.6. The van der Waals surface area contributed by atoms with Crippen molar-refractivity contribution in [3.63, 3.8) is 0 Å². The van der Waals surface area contributed by atoms with E-state index < -0.39 is 6.10 Å². The molecule has 0 aromatic heterocycles. The lowest BCUT2D eigenvalue weighted by Gasteiger charge is -2.18. The standard InChI is InChI=1S/C49H80O6/c1-4-7-10-13-16-19-20-21-22-23-24-25-26-27-28-31-33-36-39-42-48(51)54-45-46(55-49(52)43-40-37-34-30-18-15-12-9-6-3)44-53-47(50)41-38-35-32-29-17-14-11-8-5-2/h7,9-10,12,16,18-19,21-22,24-25,27-28,30,46H,4-6,8,11,13-15,17,20,23,26,29,31-45H2,1-3H3/b10-7-,12-9-,19-16-,22-21-,25-24-,28-27-,30-18-. The van der Waals surface area contributed by atoms with E-state index in [9.17, 15) is 14.4 Å². The van der Waals surface area contributed by atoms with Gasteiger partial charge in [0, 0.05) is 19.3 Å². The van der Waals surface area contributed by atoms with E-state index >= 15 is 0 Å². The Bertz CT molecular complexity index is 1110. The van der Waals surface area contributed by atoms with Crippen LogP contribution in [0.2, 0.25) is 0 Å². The van der Waals surface area contributed by atoms with E-state index in [-0.39, 0.29) is 37.5 Å². The van der Waals surface area contributed by atoms with Crippen molar-refractivity contribution in [2.45, 2.75) is 194 Å². The Morgan fingerprint density at radius 2 is 0.709 bits per heavy atom. The number of allylic oxidation sites excluding steroid dienone is 14. The van der Waals surface area contributed by atoms with Gasteiger partial charge in [-0.3, -0.25) is 14.4 Å². The maximum atomic E-state index is 12.6. The van der Waals surface area contributed by atoms with Crippen LogP contribution in [0.5, 0.6) is 0 Å². The normalized spacial score (nSPS) is 12.9. The van der Waals surface area contributed by atoms with Crippen molar-refractivity contribution in [3.8, 4) is 0 Å². The Hall–Kier alpha value is -3.41. The molecule has 0 spiro atoms. The Morgan fingerprint density at radius 1 is 0.382 bits per heavy atom. The van der Waals surface area contributed by atoms with Crippen molar-refractivity contribution in [1.29, 1.82) is 0 Å². The zero-order valence-corrected chi connectivity index (χ0v) is 35.4. The lowest BCUT2D eigenvalue weighted by atomic mass is 10.1. The first-order valence-electron chi connectivity index (χ1n) is 22.1. The molecule has 0 saturated carbocycles. The summed E-state index contributed by atoms with van der Waals surface area (Å²) in [6, 6.07) is 0. The second-order valence-electron chi connectivity index (χ2n) is 14.2. The van der Waals surface area contributed by atoms with Gasteiger partial charge < -0.3 is 14.2 Å². The van der Waals surface area contributed by atoms with E-state index in [4.69, 9.17) is 14.2 Å². The molecule has 1 atom stereocenters. The Morgan fingerprint density at radius 3 is 1.15 bits per heavy atom. The first kappa shape index (κ1) is 51.6. The van der Waals surface area contributed by atoms with Crippen LogP contribution < -0.4 is 0 Å². The highest BCUT2D eigenvalue weighted by Gasteiger charge is 2.19. The molecule has 0 aromatic carbocycles. The number of esters is 3. The number of ether oxygens (including phenoxy) is 3. The van der Waals surface area contributed by atoms with Gasteiger partial charge in [0.1, 0.15) is 13.2 Å². The van der Waals surface area contributed by atoms with Gasteiger partial charge in [-0.15, -0.1) is 0 Å². The first-order chi connectivity index (χ1) is 27.0. The second-order valence-corrected chi connectivity index (χ2v) is 14.2. The number of rotatable bonds is 38. The molecule has 0 fully saturated rings. The van der Waals surface area contributed by atoms with E-state index in [0.29, 0.717) is 19.3 Å². The van der Waals surface area contributed by atoms with Gasteiger partial charge in [-0.05, 0) is 89.9 Å². The fourth-order valence-electron chi connectivity index (χ4n) is 5.62. The molecule has 312 valence electrons. The summed E-state index contributed by atoms with van der Waals surface area (Å²) in [5.41, 5.74) is 0. The smallest absolute Gasteiger partial charge is 0.306 e. The van der Waals surface area contributed by atoms with Crippen molar-refractivity contribution < 1.29 is 28.6 Å². The third kappa shape index (κ3) is 41.6. The van der Waals surface area contributed by atoms with Crippen LogP contribution >= 0.6 is 0 Å². The topological polar surface area (TPSA) is 78.9 Å². The average molecular weight is 765 g/mol. The summed E-state index contributed by atoms with van der Waals surface area (Å²) in [5, 5.41) is 0. The van der Waals surface area contributed by atoms with Crippen LogP contribution in [-0.2, 0) is 28.6 Å². The number of hydrogen-bond acceptors (Lipinski definition) is 6. The van der Waals surface area contributed by atoms with Gasteiger partial charge in [-0.1, -0.05) is 164 Å².